The molecule has 0 saturated heterocycles. The highest BCUT2D eigenvalue weighted by molar-refractivity contribution is 5.88. The van der Waals surface area contributed by atoms with Crippen LogP contribution in [0.3, 0.4) is 0 Å². The average molecular weight is 460 g/mol. The van der Waals surface area contributed by atoms with Gasteiger partial charge in [-0.3, -0.25) is 0 Å². The molecule has 1 atom stereocenters. The molecule has 3 rings (SSSR count). The van der Waals surface area contributed by atoms with Crippen molar-refractivity contribution in [3.8, 4) is 5.75 Å². The van der Waals surface area contributed by atoms with Crippen molar-refractivity contribution in [2.75, 3.05) is 6.54 Å². The Morgan fingerprint density at radius 2 is 1.79 bits per heavy atom. The van der Waals surface area contributed by atoms with Crippen molar-refractivity contribution in [1.29, 1.82) is 0 Å². The summed E-state index contributed by atoms with van der Waals surface area (Å²) in [6.45, 7) is 6.32. The van der Waals surface area contributed by atoms with E-state index in [4.69, 9.17) is 0 Å². The highest BCUT2D eigenvalue weighted by Crippen LogP contribution is 2.28. The minimum atomic E-state index is -4.74. The highest BCUT2D eigenvalue weighted by atomic mass is 19.4. The van der Waals surface area contributed by atoms with E-state index in [9.17, 15) is 18.0 Å². The van der Waals surface area contributed by atoms with E-state index in [1.807, 2.05) is 51.1 Å². The lowest BCUT2D eigenvalue weighted by Gasteiger charge is -2.31. The molecule has 0 saturated carbocycles. The minimum Gasteiger partial charge on any atom is -0.406 e. The minimum absolute atomic E-state index is 0.0423. The zero-order valence-electron chi connectivity index (χ0n) is 19.0. The molecule has 1 unspecified atom stereocenters. The van der Waals surface area contributed by atoms with E-state index in [0.717, 1.165) is 16.8 Å². The number of hydrazone groups is 1. The van der Waals surface area contributed by atoms with Gasteiger partial charge >= 0.3 is 12.4 Å². The van der Waals surface area contributed by atoms with Crippen LogP contribution in [0, 0.1) is 0 Å². The van der Waals surface area contributed by atoms with Crippen LogP contribution in [0.25, 0.3) is 5.57 Å². The third-order valence-corrected chi connectivity index (χ3v) is 5.46. The summed E-state index contributed by atoms with van der Waals surface area (Å²) in [5, 5.41) is 5.83. The second-order valence-corrected chi connectivity index (χ2v) is 8.01. The number of carbonyl (C=O) groups is 1. The number of ether oxygens (including phenoxy) is 1. The first-order chi connectivity index (χ1) is 15.7. The van der Waals surface area contributed by atoms with E-state index in [1.165, 1.54) is 17.1 Å². The topological polar surface area (TPSA) is 45.1 Å². The van der Waals surface area contributed by atoms with Gasteiger partial charge in [0.05, 0.1) is 0 Å². The van der Waals surface area contributed by atoms with Crippen molar-refractivity contribution in [1.82, 2.24) is 9.91 Å². The maximum atomic E-state index is 13.4. The van der Waals surface area contributed by atoms with Gasteiger partial charge in [-0.2, -0.15) is 10.1 Å². The largest absolute Gasteiger partial charge is 0.573 e. The van der Waals surface area contributed by atoms with E-state index in [-0.39, 0.29) is 17.8 Å². The van der Waals surface area contributed by atoms with Gasteiger partial charge in [0.2, 0.25) is 0 Å². The maximum absolute atomic E-state index is 13.4. The highest BCUT2D eigenvalue weighted by Gasteiger charge is 2.31. The van der Waals surface area contributed by atoms with Crippen molar-refractivity contribution >= 4 is 17.3 Å². The monoisotopic (exact) mass is 459 g/mol. The zero-order valence-corrected chi connectivity index (χ0v) is 19.0. The Morgan fingerprint density at radius 3 is 2.39 bits per heavy atom. The van der Waals surface area contributed by atoms with Crippen LogP contribution < -0.4 is 4.74 Å². The summed E-state index contributed by atoms with van der Waals surface area (Å²) in [4.78, 5) is 15.2. The first kappa shape index (κ1) is 24.4. The van der Waals surface area contributed by atoms with Gasteiger partial charge < -0.3 is 9.64 Å². The smallest absolute Gasteiger partial charge is 0.406 e. The molecule has 0 spiro atoms. The lowest BCUT2D eigenvalue weighted by Crippen LogP contribution is -2.44. The summed E-state index contributed by atoms with van der Waals surface area (Å²) in [5.41, 5.74) is 3.48. The number of halogens is 3. The fourth-order valence-corrected chi connectivity index (χ4v) is 3.81. The molecule has 0 N–H and O–H groups in total. The van der Waals surface area contributed by atoms with E-state index < -0.39 is 6.36 Å². The molecule has 1 aliphatic heterocycles. The number of hydrogen-bond acceptors (Lipinski definition) is 3. The van der Waals surface area contributed by atoms with E-state index in [0.29, 0.717) is 31.4 Å². The fraction of sp³-hybridized carbons (Fsp3) is 0.360. The molecule has 0 radical (unpaired) electrons. The molecule has 8 heteroatoms. The first-order valence-corrected chi connectivity index (χ1v) is 10.9. The van der Waals surface area contributed by atoms with E-state index >= 15 is 0 Å². The van der Waals surface area contributed by atoms with Crippen molar-refractivity contribution in [2.24, 2.45) is 5.10 Å². The molecule has 5 nitrogen and oxygen atoms in total. The summed E-state index contributed by atoms with van der Waals surface area (Å²) in [5.74, 6) is -0.285. The summed E-state index contributed by atoms with van der Waals surface area (Å²) in [6.07, 6.45) is -1.09. The van der Waals surface area contributed by atoms with Gasteiger partial charge in [-0.05, 0) is 68.9 Å². The van der Waals surface area contributed by atoms with Gasteiger partial charge in [0.1, 0.15) is 5.75 Å². The standard InChI is InChI=1S/C25H28F3N3O2/c1-4-30(19(3)16-20-8-6-5-7-9-20)24(32)31-17-22(11-10-18(2)29-31)21-12-14-23(15-13-21)33-25(26,27)28/h5-9,12-15,17,19H,4,10-11,16H2,1-3H3. The maximum Gasteiger partial charge on any atom is 0.573 e. The van der Waals surface area contributed by atoms with Crippen LogP contribution in [-0.2, 0) is 6.42 Å². The second-order valence-electron chi connectivity index (χ2n) is 8.01. The molecular formula is C25H28F3N3O2. The SMILES string of the molecule is CCN(C(=O)N1C=C(c2ccc(OC(F)(F)F)cc2)CCC(C)=N1)C(C)Cc1ccccc1. The van der Waals surface area contributed by atoms with Crippen molar-refractivity contribution in [3.05, 3.63) is 71.9 Å². The molecule has 2 amide bonds. The number of amides is 2. The lowest BCUT2D eigenvalue weighted by molar-refractivity contribution is -0.274. The van der Waals surface area contributed by atoms with E-state index in [2.05, 4.69) is 9.84 Å². The van der Waals surface area contributed by atoms with Gasteiger partial charge in [0.25, 0.3) is 0 Å². The Hall–Kier alpha value is -3.29. The number of hydrogen-bond donors (Lipinski definition) is 0. The number of likely N-dealkylation sites (N-methyl/N-ethyl adjacent to an activating group) is 1. The predicted octanol–water partition coefficient (Wildman–Crippen LogP) is 6.47. The van der Waals surface area contributed by atoms with Gasteiger partial charge in [-0.1, -0.05) is 42.5 Å². The quantitative estimate of drug-likeness (QED) is 0.497. The average Bonchev–Trinajstić information content (AvgIpc) is 2.96. The van der Waals surface area contributed by atoms with Gasteiger partial charge in [0.15, 0.2) is 0 Å². The van der Waals surface area contributed by atoms with Crippen LogP contribution in [0.1, 0.15) is 44.7 Å². The van der Waals surface area contributed by atoms with Crippen molar-refractivity contribution in [3.63, 3.8) is 0 Å². The van der Waals surface area contributed by atoms with E-state index in [1.54, 1.807) is 23.2 Å². The zero-order chi connectivity index (χ0) is 24.0. The predicted molar refractivity (Wildman–Crippen MR) is 123 cm³/mol. The Kier molecular flexibility index (Phi) is 7.79. The number of benzene rings is 2. The number of nitrogens with zero attached hydrogens (tertiary/aromatic N) is 3. The second kappa shape index (κ2) is 10.6. The molecule has 1 aliphatic rings. The third kappa shape index (κ3) is 6.84. The summed E-state index contributed by atoms with van der Waals surface area (Å²) < 4.78 is 41.3. The van der Waals surface area contributed by atoms with Crippen LogP contribution in [0.15, 0.2) is 65.9 Å². The van der Waals surface area contributed by atoms with Crippen LogP contribution >= 0.6 is 0 Å². The number of rotatable bonds is 6. The molecule has 0 aliphatic carbocycles. The Labute approximate surface area is 192 Å². The Balaban J connectivity index is 1.81. The van der Waals surface area contributed by atoms with Crippen LogP contribution in [0.5, 0.6) is 5.75 Å². The van der Waals surface area contributed by atoms with Crippen molar-refractivity contribution < 1.29 is 22.7 Å². The molecule has 0 aromatic heterocycles. The van der Waals surface area contributed by atoms with Crippen LogP contribution in [0.2, 0.25) is 0 Å². The Bertz CT molecular complexity index is 1000. The number of allylic oxidation sites excluding steroid dienone is 1. The summed E-state index contributed by atoms with van der Waals surface area (Å²) in [6, 6.07) is 15.4. The summed E-state index contributed by atoms with van der Waals surface area (Å²) >= 11 is 0. The molecule has 33 heavy (non-hydrogen) atoms. The molecule has 0 bridgehead atoms. The molecule has 1 heterocycles. The normalized spacial score (nSPS) is 15.3. The Morgan fingerprint density at radius 1 is 1.12 bits per heavy atom. The van der Waals surface area contributed by atoms with Crippen LogP contribution in [0.4, 0.5) is 18.0 Å². The number of alkyl halides is 3. The lowest BCUT2D eigenvalue weighted by atomic mass is 10.0. The molecule has 0 fully saturated rings. The molecule has 2 aromatic rings. The number of carbonyl (C=O) groups excluding carboxylic acids is 1. The molecular weight excluding hydrogens is 431 g/mol. The first-order valence-electron chi connectivity index (χ1n) is 10.9. The third-order valence-electron chi connectivity index (χ3n) is 5.46. The summed E-state index contributed by atoms with van der Waals surface area (Å²) in [7, 11) is 0. The molecule has 2 aromatic carbocycles. The number of urea groups is 1. The van der Waals surface area contributed by atoms with Crippen molar-refractivity contribution in [2.45, 2.75) is 52.4 Å². The van der Waals surface area contributed by atoms with Gasteiger partial charge in [-0.25, -0.2) is 4.79 Å². The molecule has 176 valence electrons. The fourth-order valence-electron chi connectivity index (χ4n) is 3.81. The van der Waals surface area contributed by atoms with Gasteiger partial charge in [0, 0.05) is 24.5 Å². The van der Waals surface area contributed by atoms with Gasteiger partial charge in [-0.15, -0.1) is 13.2 Å². The van der Waals surface area contributed by atoms with Crippen LogP contribution in [-0.4, -0.2) is 40.6 Å².